The van der Waals surface area contributed by atoms with Gasteiger partial charge in [0.2, 0.25) is 0 Å². The summed E-state index contributed by atoms with van der Waals surface area (Å²) in [6.45, 7) is 0.1000. The van der Waals surface area contributed by atoms with Crippen molar-refractivity contribution in [3.8, 4) is 0 Å². The topological polar surface area (TPSA) is 61.8 Å². The highest BCUT2D eigenvalue weighted by Crippen LogP contribution is 2.44. The molecule has 2 N–H and O–H groups in total. The number of para-hydroxylation sites is 1. The molecule has 0 aromatic heterocycles. The Kier molecular flexibility index (Phi) is 3.09. The smallest absolute Gasteiger partial charge is 0.264 e. The molecule has 23 heavy (non-hydrogen) atoms. The van der Waals surface area contributed by atoms with E-state index in [0.717, 1.165) is 22.4 Å². The Morgan fingerprint density at radius 2 is 2.04 bits per heavy atom. The van der Waals surface area contributed by atoms with Gasteiger partial charge in [0.1, 0.15) is 19.1 Å². The largest absolute Gasteiger partial charge is 0.487 e. The molecule has 0 saturated carbocycles. The van der Waals surface area contributed by atoms with Gasteiger partial charge in [0.15, 0.2) is 0 Å². The molecule has 2 heterocycles. The number of hydrogen-bond donors (Lipinski definition) is 2. The fourth-order valence-electron chi connectivity index (χ4n) is 3.14. The van der Waals surface area contributed by atoms with Gasteiger partial charge >= 0.3 is 0 Å². The van der Waals surface area contributed by atoms with Crippen LogP contribution in [0.3, 0.4) is 0 Å². The molecule has 0 atom stereocenters. The number of carbonyl (C=O) groups excluding carboxylic acids is 1. The third-order valence-electron chi connectivity index (χ3n) is 4.31. The monoisotopic (exact) mass is 308 g/mol. The van der Waals surface area contributed by atoms with Crippen LogP contribution in [-0.4, -0.2) is 24.8 Å². The first-order chi connectivity index (χ1) is 11.2. The molecule has 2 aliphatic rings. The fourth-order valence-corrected chi connectivity index (χ4v) is 3.14. The predicted molar refractivity (Wildman–Crippen MR) is 88.6 cm³/mol. The average Bonchev–Trinajstić information content (AvgIpc) is 3.11. The molecule has 1 amide bonds. The number of ether oxygens (including phenoxy) is 1. The second-order valence-corrected chi connectivity index (χ2v) is 5.51. The van der Waals surface area contributed by atoms with Gasteiger partial charge in [-0.3, -0.25) is 9.69 Å². The summed E-state index contributed by atoms with van der Waals surface area (Å²) in [6, 6.07) is 13.4. The highest BCUT2D eigenvalue weighted by molar-refractivity contribution is 6.37. The number of benzene rings is 2. The minimum Gasteiger partial charge on any atom is -0.487 e. The summed E-state index contributed by atoms with van der Waals surface area (Å²) in [4.78, 5) is 14.1. The van der Waals surface area contributed by atoms with Crippen LogP contribution in [0.2, 0.25) is 0 Å². The second kappa shape index (κ2) is 5.14. The van der Waals surface area contributed by atoms with E-state index in [0.29, 0.717) is 23.6 Å². The van der Waals surface area contributed by atoms with Gasteiger partial charge in [-0.25, -0.2) is 0 Å². The van der Waals surface area contributed by atoms with Gasteiger partial charge in [-0.1, -0.05) is 24.3 Å². The van der Waals surface area contributed by atoms with Crippen molar-refractivity contribution in [2.75, 3.05) is 24.0 Å². The Bertz CT molecular complexity index is 842. The molecule has 2 aliphatic heterocycles. The highest BCUT2D eigenvalue weighted by Gasteiger charge is 2.37. The van der Waals surface area contributed by atoms with Crippen LogP contribution in [0.1, 0.15) is 16.7 Å². The molecule has 2 aromatic carbocycles. The normalized spacial score (nSPS) is 18.7. The van der Waals surface area contributed by atoms with Crippen LogP contribution >= 0.6 is 0 Å². The standard InChI is InChI=1S/C18H16N2O3/c1-19-12-7-6-11-9-23-17(14(11)8-12)16-13-4-2-3-5-15(13)20(10-21)18(16)22/h2-8,19,21H,9-10H2,1H3/b17-16+. The number of hydrogen-bond acceptors (Lipinski definition) is 4. The van der Waals surface area contributed by atoms with Gasteiger partial charge in [-0.15, -0.1) is 0 Å². The van der Waals surface area contributed by atoms with Gasteiger partial charge in [-0.05, 0) is 18.2 Å². The SMILES string of the molecule is CNc1ccc2c(c1)/C(=C1\C(=O)N(CO)c3ccccc31)OC2. The lowest BCUT2D eigenvalue weighted by Crippen LogP contribution is -2.27. The zero-order valence-corrected chi connectivity index (χ0v) is 12.7. The van der Waals surface area contributed by atoms with Crippen LogP contribution in [0.4, 0.5) is 11.4 Å². The van der Waals surface area contributed by atoms with E-state index < -0.39 is 0 Å². The molecule has 0 saturated heterocycles. The first kappa shape index (κ1) is 13.8. The highest BCUT2D eigenvalue weighted by atomic mass is 16.5. The first-order valence-electron chi connectivity index (χ1n) is 7.45. The Morgan fingerprint density at radius 3 is 2.83 bits per heavy atom. The van der Waals surface area contributed by atoms with Gasteiger partial charge in [-0.2, -0.15) is 0 Å². The van der Waals surface area contributed by atoms with E-state index in [1.54, 1.807) is 0 Å². The van der Waals surface area contributed by atoms with Crippen LogP contribution in [-0.2, 0) is 16.1 Å². The van der Waals surface area contributed by atoms with Crippen molar-refractivity contribution < 1.29 is 14.6 Å². The average molecular weight is 308 g/mol. The van der Waals surface area contributed by atoms with Crippen molar-refractivity contribution in [3.63, 3.8) is 0 Å². The molecule has 0 radical (unpaired) electrons. The fraction of sp³-hybridized carbons (Fsp3) is 0.167. The number of carbonyl (C=O) groups is 1. The lowest BCUT2D eigenvalue weighted by Gasteiger charge is -2.12. The molecule has 5 nitrogen and oxygen atoms in total. The van der Waals surface area contributed by atoms with Crippen molar-refractivity contribution >= 4 is 28.6 Å². The van der Waals surface area contributed by atoms with Crippen LogP contribution in [0, 0.1) is 0 Å². The minimum atomic E-state index is -0.351. The molecule has 116 valence electrons. The summed E-state index contributed by atoms with van der Waals surface area (Å²) in [5.74, 6) is 0.358. The molecule has 0 fully saturated rings. The number of aliphatic hydroxyl groups is 1. The van der Waals surface area contributed by atoms with Gasteiger partial charge in [0, 0.05) is 29.4 Å². The molecular formula is C18H16N2O3. The van der Waals surface area contributed by atoms with Gasteiger partial charge in [0.05, 0.1) is 11.3 Å². The predicted octanol–water partition coefficient (Wildman–Crippen LogP) is 2.42. The van der Waals surface area contributed by atoms with Crippen molar-refractivity contribution in [1.29, 1.82) is 0 Å². The minimum absolute atomic E-state index is 0.230. The van der Waals surface area contributed by atoms with Crippen molar-refractivity contribution in [3.05, 3.63) is 59.2 Å². The molecule has 0 spiro atoms. The molecule has 0 bridgehead atoms. The maximum Gasteiger partial charge on any atom is 0.264 e. The van der Waals surface area contributed by atoms with E-state index >= 15 is 0 Å². The van der Waals surface area contributed by atoms with E-state index in [9.17, 15) is 9.90 Å². The van der Waals surface area contributed by atoms with Crippen molar-refractivity contribution in [2.45, 2.75) is 6.61 Å². The zero-order chi connectivity index (χ0) is 16.0. The van der Waals surface area contributed by atoms with E-state index in [2.05, 4.69) is 5.32 Å². The summed E-state index contributed by atoms with van der Waals surface area (Å²) in [5, 5.41) is 12.7. The number of rotatable bonds is 2. The summed E-state index contributed by atoms with van der Waals surface area (Å²) in [5.41, 5.74) is 4.97. The maximum atomic E-state index is 12.8. The number of fused-ring (bicyclic) bond motifs is 2. The van der Waals surface area contributed by atoms with Crippen molar-refractivity contribution in [1.82, 2.24) is 0 Å². The second-order valence-electron chi connectivity index (χ2n) is 5.51. The Hall–Kier alpha value is -2.79. The third kappa shape index (κ3) is 1.94. The first-order valence-corrected chi connectivity index (χ1v) is 7.45. The number of nitrogens with one attached hydrogen (secondary N) is 1. The van der Waals surface area contributed by atoms with E-state index in [-0.39, 0.29) is 12.6 Å². The van der Waals surface area contributed by atoms with E-state index in [1.165, 1.54) is 4.90 Å². The van der Waals surface area contributed by atoms with Crippen LogP contribution in [0.25, 0.3) is 11.3 Å². The zero-order valence-electron chi connectivity index (χ0n) is 12.7. The molecule has 2 aromatic rings. The quantitative estimate of drug-likeness (QED) is 0.837. The summed E-state index contributed by atoms with van der Waals surface area (Å²) >= 11 is 0. The Morgan fingerprint density at radius 1 is 1.22 bits per heavy atom. The van der Waals surface area contributed by atoms with Crippen LogP contribution in [0.5, 0.6) is 0 Å². The molecule has 5 heteroatoms. The third-order valence-corrected chi connectivity index (χ3v) is 4.31. The van der Waals surface area contributed by atoms with Crippen LogP contribution in [0.15, 0.2) is 42.5 Å². The molecule has 4 rings (SSSR count). The molecule has 0 aliphatic carbocycles. The molecule has 0 unspecified atom stereocenters. The van der Waals surface area contributed by atoms with Crippen LogP contribution < -0.4 is 10.2 Å². The molecular weight excluding hydrogens is 292 g/mol. The van der Waals surface area contributed by atoms with E-state index in [1.807, 2.05) is 49.5 Å². The summed E-state index contributed by atoms with van der Waals surface area (Å²) in [6.07, 6.45) is 0. The number of aliphatic hydroxyl groups excluding tert-OH is 1. The lowest BCUT2D eigenvalue weighted by atomic mass is 10.00. The maximum absolute atomic E-state index is 12.8. The Labute approximate surface area is 133 Å². The van der Waals surface area contributed by atoms with Crippen molar-refractivity contribution in [2.24, 2.45) is 0 Å². The Balaban J connectivity index is 1.95. The van der Waals surface area contributed by atoms with E-state index in [4.69, 9.17) is 4.74 Å². The number of nitrogens with zero attached hydrogens (tertiary/aromatic N) is 1. The summed E-state index contributed by atoms with van der Waals surface area (Å²) in [7, 11) is 1.86. The van der Waals surface area contributed by atoms with Gasteiger partial charge < -0.3 is 15.2 Å². The van der Waals surface area contributed by atoms with Gasteiger partial charge in [0.25, 0.3) is 5.91 Å². The summed E-state index contributed by atoms with van der Waals surface area (Å²) < 4.78 is 5.85. The number of anilines is 2. The lowest BCUT2D eigenvalue weighted by molar-refractivity contribution is -0.113. The number of amides is 1.